The highest BCUT2D eigenvalue weighted by Gasteiger charge is 2.38. The standard InChI is InChI=1S/C15H17N3O/c1-5-8(2)13-16-11-6-9-10(7-12(11)17-13)18-14(19)15(9,3)4/h5-7H,1-4H3,(H,16,17)(H,18,19)/b8-5+. The molecule has 1 aromatic carbocycles. The number of H-pyrrole nitrogens is 1. The average Bonchev–Trinajstić information content (AvgIpc) is 2.87. The summed E-state index contributed by atoms with van der Waals surface area (Å²) in [4.78, 5) is 19.8. The van der Waals surface area contributed by atoms with Gasteiger partial charge < -0.3 is 10.3 Å². The number of anilines is 1. The van der Waals surface area contributed by atoms with Crippen LogP contribution in [0.4, 0.5) is 5.69 Å². The number of rotatable bonds is 1. The molecule has 2 aromatic rings. The third-order valence-corrected chi connectivity index (χ3v) is 3.92. The van der Waals surface area contributed by atoms with Crippen molar-refractivity contribution in [3.8, 4) is 0 Å². The van der Waals surface area contributed by atoms with Crippen molar-refractivity contribution in [3.63, 3.8) is 0 Å². The highest BCUT2D eigenvalue weighted by molar-refractivity contribution is 6.07. The van der Waals surface area contributed by atoms with Gasteiger partial charge in [-0.3, -0.25) is 4.79 Å². The van der Waals surface area contributed by atoms with Gasteiger partial charge in [0.25, 0.3) is 0 Å². The van der Waals surface area contributed by atoms with E-state index in [1.807, 2.05) is 45.9 Å². The molecular weight excluding hydrogens is 238 g/mol. The molecule has 0 saturated heterocycles. The van der Waals surface area contributed by atoms with Crippen molar-refractivity contribution in [1.82, 2.24) is 9.97 Å². The molecule has 2 N–H and O–H groups in total. The van der Waals surface area contributed by atoms with E-state index < -0.39 is 5.41 Å². The number of aromatic amines is 1. The van der Waals surface area contributed by atoms with Gasteiger partial charge in [0.15, 0.2) is 0 Å². The molecule has 0 radical (unpaired) electrons. The van der Waals surface area contributed by atoms with Crippen molar-refractivity contribution < 1.29 is 4.79 Å². The molecule has 0 saturated carbocycles. The number of allylic oxidation sites excluding steroid dienone is 2. The molecule has 4 heteroatoms. The number of carbonyl (C=O) groups excluding carboxylic acids is 1. The lowest BCUT2D eigenvalue weighted by molar-refractivity contribution is -0.119. The van der Waals surface area contributed by atoms with Crippen LogP contribution in [-0.2, 0) is 10.2 Å². The lowest BCUT2D eigenvalue weighted by Crippen LogP contribution is -2.26. The molecule has 0 spiro atoms. The number of hydrogen-bond donors (Lipinski definition) is 2. The van der Waals surface area contributed by atoms with Crippen molar-refractivity contribution in [2.75, 3.05) is 5.32 Å². The number of aromatic nitrogens is 2. The van der Waals surface area contributed by atoms with Crippen LogP contribution in [0, 0.1) is 0 Å². The first-order chi connectivity index (χ1) is 8.93. The monoisotopic (exact) mass is 255 g/mol. The average molecular weight is 255 g/mol. The highest BCUT2D eigenvalue weighted by Crippen LogP contribution is 2.39. The third-order valence-electron chi connectivity index (χ3n) is 3.92. The van der Waals surface area contributed by atoms with E-state index in [1.54, 1.807) is 0 Å². The summed E-state index contributed by atoms with van der Waals surface area (Å²) in [5.74, 6) is 0.922. The van der Waals surface area contributed by atoms with Gasteiger partial charge in [-0.05, 0) is 51.0 Å². The van der Waals surface area contributed by atoms with E-state index in [-0.39, 0.29) is 5.91 Å². The van der Waals surface area contributed by atoms with Crippen LogP contribution in [0.15, 0.2) is 18.2 Å². The Balaban J connectivity index is 2.22. The maximum atomic E-state index is 11.9. The molecular formula is C15H17N3O. The Hall–Kier alpha value is -2.10. The van der Waals surface area contributed by atoms with E-state index in [9.17, 15) is 4.79 Å². The first-order valence-electron chi connectivity index (χ1n) is 6.42. The molecule has 1 aliphatic heterocycles. The SMILES string of the molecule is C/C=C(\C)c1nc2cc3c(cc2[nH]1)NC(=O)C3(C)C. The lowest BCUT2D eigenvalue weighted by Gasteiger charge is -2.14. The summed E-state index contributed by atoms with van der Waals surface area (Å²) in [7, 11) is 0. The van der Waals surface area contributed by atoms with Crippen LogP contribution in [0.25, 0.3) is 16.6 Å². The van der Waals surface area contributed by atoms with E-state index in [0.717, 1.165) is 33.7 Å². The van der Waals surface area contributed by atoms with Crippen molar-refractivity contribution >= 4 is 28.2 Å². The topological polar surface area (TPSA) is 57.8 Å². The Labute approximate surface area is 111 Å². The summed E-state index contributed by atoms with van der Waals surface area (Å²) in [5.41, 5.74) is 4.38. The summed E-state index contributed by atoms with van der Waals surface area (Å²) < 4.78 is 0. The Morgan fingerprint density at radius 2 is 2.11 bits per heavy atom. The molecule has 0 unspecified atom stereocenters. The second-order valence-corrected chi connectivity index (χ2v) is 5.55. The van der Waals surface area contributed by atoms with Crippen LogP contribution in [-0.4, -0.2) is 15.9 Å². The predicted octanol–water partition coefficient (Wildman–Crippen LogP) is 3.22. The van der Waals surface area contributed by atoms with E-state index >= 15 is 0 Å². The van der Waals surface area contributed by atoms with E-state index in [1.165, 1.54) is 0 Å². The normalized spacial score (nSPS) is 17.7. The summed E-state index contributed by atoms with van der Waals surface area (Å²) >= 11 is 0. The summed E-state index contributed by atoms with van der Waals surface area (Å²) in [5, 5.41) is 2.93. The molecule has 98 valence electrons. The number of hydrogen-bond acceptors (Lipinski definition) is 2. The van der Waals surface area contributed by atoms with E-state index in [0.29, 0.717) is 0 Å². The molecule has 0 aliphatic carbocycles. The second-order valence-electron chi connectivity index (χ2n) is 5.55. The number of amides is 1. The van der Waals surface area contributed by atoms with Crippen molar-refractivity contribution in [1.29, 1.82) is 0 Å². The first-order valence-corrected chi connectivity index (χ1v) is 6.42. The Morgan fingerprint density at radius 3 is 2.79 bits per heavy atom. The summed E-state index contributed by atoms with van der Waals surface area (Å²) in [6.07, 6.45) is 2.02. The van der Waals surface area contributed by atoms with Gasteiger partial charge in [-0.1, -0.05) is 6.08 Å². The fourth-order valence-corrected chi connectivity index (χ4v) is 2.40. The Morgan fingerprint density at radius 1 is 1.37 bits per heavy atom. The maximum absolute atomic E-state index is 11.9. The predicted molar refractivity (Wildman–Crippen MR) is 77.1 cm³/mol. The minimum atomic E-state index is -0.488. The van der Waals surface area contributed by atoms with E-state index in [2.05, 4.69) is 15.3 Å². The zero-order valence-electron chi connectivity index (χ0n) is 11.6. The zero-order valence-corrected chi connectivity index (χ0v) is 11.6. The van der Waals surface area contributed by atoms with Gasteiger partial charge in [0.2, 0.25) is 5.91 Å². The molecule has 4 nitrogen and oxygen atoms in total. The number of carbonyl (C=O) groups is 1. The minimum Gasteiger partial charge on any atom is -0.338 e. The maximum Gasteiger partial charge on any atom is 0.234 e. The minimum absolute atomic E-state index is 0.0417. The van der Waals surface area contributed by atoms with Crippen LogP contribution in [0.1, 0.15) is 39.1 Å². The van der Waals surface area contributed by atoms with Crippen LogP contribution in [0.2, 0.25) is 0 Å². The van der Waals surface area contributed by atoms with Gasteiger partial charge in [0.1, 0.15) is 5.82 Å². The highest BCUT2D eigenvalue weighted by atomic mass is 16.2. The fourth-order valence-electron chi connectivity index (χ4n) is 2.40. The number of fused-ring (bicyclic) bond motifs is 2. The number of benzene rings is 1. The lowest BCUT2D eigenvalue weighted by atomic mass is 9.86. The molecule has 3 rings (SSSR count). The van der Waals surface area contributed by atoms with Gasteiger partial charge >= 0.3 is 0 Å². The summed E-state index contributed by atoms with van der Waals surface area (Å²) in [6, 6.07) is 3.97. The smallest absolute Gasteiger partial charge is 0.234 e. The van der Waals surface area contributed by atoms with Gasteiger partial charge in [-0.25, -0.2) is 4.98 Å². The van der Waals surface area contributed by atoms with Gasteiger partial charge in [0.05, 0.1) is 16.4 Å². The molecule has 1 aliphatic rings. The van der Waals surface area contributed by atoms with Crippen molar-refractivity contribution in [2.45, 2.75) is 33.1 Å². The molecule has 19 heavy (non-hydrogen) atoms. The van der Waals surface area contributed by atoms with Gasteiger partial charge in [0, 0.05) is 5.69 Å². The second kappa shape index (κ2) is 3.70. The fraction of sp³-hybridized carbons (Fsp3) is 0.333. The molecule has 1 amide bonds. The molecule has 0 atom stereocenters. The van der Waals surface area contributed by atoms with Crippen LogP contribution in [0.3, 0.4) is 0 Å². The first kappa shape index (κ1) is 12.0. The third kappa shape index (κ3) is 1.59. The van der Waals surface area contributed by atoms with Crippen LogP contribution in [0.5, 0.6) is 0 Å². The number of nitrogens with one attached hydrogen (secondary N) is 2. The van der Waals surface area contributed by atoms with Gasteiger partial charge in [-0.15, -0.1) is 0 Å². The van der Waals surface area contributed by atoms with Crippen molar-refractivity contribution in [3.05, 3.63) is 29.6 Å². The van der Waals surface area contributed by atoms with Crippen molar-refractivity contribution in [2.24, 2.45) is 0 Å². The summed E-state index contributed by atoms with van der Waals surface area (Å²) in [6.45, 7) is 7.89. The molecule has 1 aromatic heterocycles. The number of nitrogens with zero attached hydrogens (tertiary/aromatic N) is 1. The Kier molecular flexibility index (Phi) is 2.33. The molecule has 0 bridgehead atoms. The largest absolute Gasteiger partial charge is 0.338 e. The van der Waals surface area contributed by atoms with Crippen LogP contribution < -0.4 is 5.32 Å². The van der Waals surface area contributed by atoms with Crippen LogP contribution >= 0.6 is 0 Å². The molecule has 2 heterocycles. The van der Waals surface area contributed by atoms with E-state index in [4.69, 9.17) is 0 Å². The zero-order chi connectivity index (χ0) is 13.8. The quantitative estimate of drug-likeness (QED) is 0.822. The Bertz CT molecular complexity index is 722. The number of imidazole rings is 1. The van der Waals surface area contributed by atoms with Gasteiger partial charge in [-0.2, -0.15) is 0 Å². The molecule has 0 fully saturated rings.